The monoisotopic (exact) mass is 268 g/mol. The average molecular weight is 268 g/mol. The summed E-state index contributed by atoms with van der Waals surface area (Å²) in [5.41, 5.74) is 7.63. The van der Waals surface area contributed by atoms with Gasteiger partial charge in [0.05, 0.1) is 10.6 Å². The van der Waals surface area contributed by atoms with Crippen LogP contribution in [0.4, 0.5) is 5.69 Å². The van der Waals surface area contributed by atoms with Crippen LogP contribution >= 0.6 is 11.3 Å². The van der Waals surface area contributed by atoms with Crippen molar-refractivity contribution in [3.8, 4) is 10.6 Å². The zero-order valence-electron chi connectivity index (χ0n) is 9.47. The van der Waals surface area contributed by atoms with Crippen LogP contribution in [0, 0.1) is 6.92 Å². The molecule has 2 rings (SSSR count). The number of sulfone groups is 1. The van der Waals surface area contributed by atoms with E-state index in [9.17, 15) is 8.42 Å². The molecule has 6 heteroatoms. The van der Waals surface area contributed by atoms with Crippen molar-refractivity contribution in [1.29, 1.82) is 0 Å². The van der Waals surface area contributed by atoms with Gasteiger partial charge in [0.25, 0.3) is 0 Å². The van der Waals surface area contributed by atoms with Gasteiger partial charge in [-0.2, -0.15) is 0 Å². The van der Waals surface area contributed by atoms with E-state index in [4.69, 9.17) is 5.73 Å². The molecule has 0 aliphatic carbocycles. The maximum atomic E-state index is 11.5. The summed E-state index contributed by atoms with van der Waals surface area (Å²) in [4.78, 5) is 4.47. The van der Waals surface area contributed by atoms with Gasteiger partial charge in [-0.3, -0.25) is 0 Å². The summed E-state index contributed by atoms with van der Waals surface area (Å²) in [6.07, 6.45) is 1.15. The molecule has 0 radical (unpaired) electrons. The second-order valence-electron chi connectivity index (χ2n) is 3.82. The van der Waals surface area contributed by atoms with E-state index in [0.29, 0.717) is 0 Å². The van der Waals surface area contributed by atoms with Crippen LogP contribution in [-0.4, -0.2) is 19.7 Å². The van der Waals surface area contributed by atoms with Crippen molar-refractivity contribution in [2.75, 3.05) is 12.0 Å². The second-order valence-corrected chi connectivity index (χ2v) is 6.66. The molecule has 0 spiro atoms. The van der Waals surface area contributed by atoms with Crippen LogP contribution in [0.15, 0.2) is 28.5 Å². The number of hydrogen-bond acceptors (Lipinski definition) is 5. The molecule has 1 aromatic heterocycles. The van der Waals surface area contributed by atoms with Crippen LogP contribution in [0.3, 0.4) is 0 Å². The van der Waals surface area contributed by atoms with Gasteiger partial charge in [0.15, 0.2) is 9.84 Å². The minimum Gasteiger partial charge on any atom is -0.398 e. The normalized spacial score (nSPS) is 11.6. The number of anilines is 1. The van der Waals surface area contributed by atoms with Gasteiger partial charge in [-0.15, -0.1) is 11.3 Å². The fourth-order valence-electron chi connectivity index (χ4n) is 1.48. The first-order valence-electron chi connectivity index (χ1n) is 4.90. The lowest BCUT2D eigenvalue weighted by molar-refractivity contribution is 0.602. The Kier molecular flexibility index (Phi) is 2.92. The molecule has 0 atom stereocenters. The predicted octanol–water partition coefficient (Wildman–Crippen LogP) is 2.10. The smallest absolute Gasteiger partial charge is 0.177 e. The largest absolute Gasteiger partial charge is 0.398 e. The summed E-state index contributed by atoms with van der Waals surface area (Å²) in [7, 11) is -3.31. The topological polar surface area (TPSA) is 73.1 Å². The summed E-state index contributed by atoms with van der Waals surface area (Å²) in [5, 5.41) is 2.72. The molecule has 2 aromatic rings. The average Bonchev–Trinajstić information content (AvgIpc) is 2.64. The Hall–Kier alpha value is -1.40. The summed E-state index contributed by atoms with van der Waals surface area (Å²) in [6, 6.07) is 4.95. The van der Waals surface area contributed by atoms with Crippen molar-refractivity contribution in [3.05, 3.63) is 29.3 Å². The maximum Gasteiger partial charge on any atom is 0.177 e. The van der Waals surface area contributed by atoms with E-state index in [2.05, 4.69) is 4.98 Å². The van der Waals surface area contributed by atoms with Gasteiger partial charge < -0.3 is 5.73 Å². The molecule has 0 saturated heterocycles. The Bertz CT molecular complexity index is 660. The molecule has 0 aliphatic rings. The lowest BCUT2D eigenvalue weighted by Gasteiger charge is -2.05. The number of nitrogens with two attached hydrogens (primary N) is 1. The van der Waals surface area contributed by atoms with Gasteiger partial charge in [0.1, 0.15) is 5.01 Å². The quantitative estimate of drug-likeness (QED) is 0.847. The lowest BCUT2D eigenvalue weighted by atomic mass is 10.2. The molecule has 0 aliphatic heterocycles. The number of aryl methyl sites for hydroxylation is 1. The van der Waals surface area contributed by atoms with Gasteiger partial charge in [0.2, 0.25) is 0 Å². The van der Waals surface area contributed by atoms with Crippen LogP contribution in [0.1, 0.15) is 5.69 Å². The van der Waals surface area contributed by atoms with Crippen molar-refractivity contribution >= 4 is 26.9 Å². The van der Waals surface area contributed by atoms with Crippen molar-refractivity contribution in [3.63, 3.8) is 0 Å². The number of nitrogen functional groups attached to an aromatic ring is 1. The highest BCUT2D eigenvalue weighted by molar-refractivity contribution is 7.90. The third-order valence-electron chi connectivity index (χ3n) is 2.28. The van der Waals surface area contributed by atoms with Crippen LogP contribution in [0.25, 0.3) is 10.6 Å². The number of rotatable bonds is 2. The van der Waals surface area contributed by atoms with Crippen molar-refractivity contribution in [1.82, 2.24) is 4.98 Å². The molecule has 0 amide bonds. The summed E-state index contributed by atoms with van der Waals surface area (Å²) in [6.45, 7) is 1.90. The highest BCUT2D eigenvalue weighted by Gasteiger charge is 2.13. The Morgan fingerprint density at radius 1 is 1.35 bits per heavy atom. The first-order valence-corrected chi connectivity index (χ1v) is 7.67. The second kappa shape index (κ2) is 4.12. The van der Waals surface area contributed by atoms with E-state index < -0.39 is 9.84 Å². The molecule has 0 unspecified atom stereocenters. The number of nitrogens with zero attached hydrogens (tertiary/aromatic N) is 1. The molecule has 1 aromatic carbocycles. The third kappa shape index (κ3) is 2.48. The zero-order valence-corrected chi connectivity index (χ0v) is 11.1. The van der Waals surface area contributed by atoms with Gasteiger partial charge in [-0.05, 0) is 25.1 Å². The minimum absolute atomic E-state index is 0.155. The minimum atomic E-state index is -3.31. The standard InChI is InChI=1S/C11H12N2O2S2/c1-7-6-16-11(13-7)8-3-4-9(12)10(5-8)17(2,14)15/h3-6H,12H2,1-2H3. The van der Waals surface area contributed by atoms with E-state index in [1.54, 1.807) is 18.2 Å². The number of benzene rings is 1. The van der Waals surface area contributed by atoms with Gasteiger partial charge in [-0.25, -0.2) is 13.4 Å². The first-order chi connectivity index (χ1) is 7.88. The van der Waals surface area contributed by atoms with E-state index in [-0.39, 0.29) is 10.6 Å². The van der Waals surface area contributed by atoms with Crippen molar-refractivity contribution < 1.29 is 8.42 Å². The molecule has 1 heterocycles. The first kappa shape index (κ1) is 12.1. The van der Waals surface area contributed by atoms with Crippen LogP contribution in [-0.2, 0) is 9.84 Å². The van der Waals surface area contributed by atoms with Gasteiger partial charge in [-0.1, -0.05) is 0 Å². The zero-order chi connectivity index (χ0) is 12.6. The fourth-order valence-corrected chi connectivity index (χ4v) is 3.11. The summed E-state index contributed by atoms with van der Waals surface area (Å²) < 4.78 is 23.1. The molecular formula is C11H12N2O2S2. The molecule has 4 nitrogen and oxygen atoms in total. The summed E-state index contributed by atoms with van der Waals surface area (Å²) in [5.74, 6) is 0. The van der Waals surface area contributed by atoms with Gasteiger partial charge >= 0.3 is 0 Å². The van der Waals surface area contributed by atoms with Crippen molar-refractivity contribution in [2.45, 2.75) is 11.8 Å². The molecule has 17 heavy (non-hydrogen) atoms. The van der Waals surface area contributed by atoms with Crippen LogP contribution in [0.2, 0.25) is 0 Å². The van der Waals surface area contributed by atoms with Crippen LogP contribution < -0.4 is 5.73 Å². The maximum absolute atomic E-state index is 11.5. The van der Waals surface area contributed by atoms with E-state index >= 15 is 0 Å². The number of hydrogen-bond donors (Lipinski definition) is 1. The third-order valence-corrected chi connectivity index (χ3v) is 4.44. The highest BCUT2D eigenvalue weighted by atomic mass is 32.2. The number of thiazole rings is 1. The summed E-state index contributed by atoms with van der Waals surface area (Å²) >= 11 is 1.48. The van der Waals surface area contributed by atoms with E-state index in [1.165, 1.54) is 11.3 Å². The molecular weight excluding hydrogens is 256 g/mol. The molecule has 90 valence electrons. The molecule has 2 N–H and O–H groups in total. The lowest BCUT2D eigenvalue weighted by Crippen LogP contribution is -2.02. The van der Waals surface area contributed by atoms with Gasteiger partial charge in [0, 0.05) is 22.9 Å². The van der Waals surface area contributed by atoms with E-state index in [0.717, 1.165) is 22.5 Å². The molecule has 0 bridgehead atoms. The highest BCUT2D eigenvalue weighted by Crippen LogP contribution is 2.28. The Morgan fingerprint density at radius 3 is 2.59 bits per heavy atom. The van der Waals surface area contributed by atoms with E-state index in [1.807, 2.05) is 12.3 Å². The fraction of sp³-hybridized carbons (Fsp3) is 0.182. The molecule has 0 fully saturated rings. The Balaban J connectivity index is 2.59. The Labute approximate surface area is 104 Å². The van der Waals surface area contributed by atoms with Crippen LogP contribution in [0.5, 0.6) is 0 Å². The Morgan fingerprint density at radius 2 is 2.06 bits per heavy atom. The predicted molar refractivity (Wildman–Crippen MR) is 69.8 cm³/mol. The molecule has 0 saturated carbocycles. The van der Waals surface area contributed by atoms with Crippen molar-refractivity contribution in [2.24, 2.45) is 0 Å². The SMILES string of the molecule is Cc1csc(-c2ccc(N)c(S(C)(=O)=O)c2)n1. The number of aromatic nitrogens is 1.